The average molecular weight is 345 g/mol. The summed E-state index contributed by atoms with van der Waals surface area (Å²) in [6.45, 7) is 0.582. The van der Waals surface area contributed by atoms with Gasteiger partial charge in [0.15, 0.2) is 5.69 Å². The maximum Gasteiger partial charge on any atom is 0.272 e. The SMILES string of the molecule is NCC1(c2cccc(Cl)c2)CCC(NC(=O)c2cccnn2)CC1. The lowest BCUT2D eigenvalue weighted by molar-refractivity contribution is 0.0912. The van der Waals surface area contributed by atoms with Gasteiger partial charge in [0.2, 0.25) is 0 Å². The molecule has 3 N–H and O–H groups in total. The van der Waals surface area contributed by atoms with E-state index in [4.69, 9.17) is 17.3 Å². The Bertz CT molecular complexity index is 699. The minimum atomic E-state index is -0.170. The highest BCUT2D eigenvalue weighted by Gasteiger charge is 2.36. The molecule has 0 atom stereocenters. The molecule has 0 spiro atoms. The van der Waals surface area contributed by atoms with Crippen LogP contribution in [0.5, 0.6) is 0 Å². The van der Waals surface area contributed by atoms with E-state index < -0.39 is 0 Å². The van der Waals surface area contributed by atoms with Gasteiger partial charge < -0.3 is 11.1 Å². The second-order valence-corrected chi connectivity index (χ2v) is 6.79. The number of nitrogens with zero attached hydrogens (tertiary/aromatic N) is 2. The zero-order valence-corrected chi connectivity index (χ0v) is 14.2. The predicted molar refractivity (Wildman–Crippen MR) is 93.9 cm³/mol. The van der Waals surface area contributed by atoms with Crippen LogP contribution in [0.3, 0.4) is 0 Å². The number of rotatable bonds is 4. The third-order valence-electron chi connectivity index (χ3n) is 4.91. The van der Waals surface area contributed by atoms with Crippen LogP contribution in [0.1, 0.15) is 41.7 Å². The molecule has 0 radical (unpaired) electrons. The molecule has 5 nitrogen and oxygen atoms in total. The molecular formula is C18H21ClN4O. The van der Waals surface area contributed by atoms with Crippen molar-refractivity contribution >= 4 is 17.5 Å². The van der Waals surface area contributed by atoms with Gasteiger partial charge in [-0.15, -0.1) is 5.10 Å². The smallest absolute Gasteiger partial charge is 0.272 e. The minimum absolute atomic E-state index is 0.0569. The van der Waals surface area contributed by atoms with E-state index >= 15 is 0 Å². The molecule has 1 aromatic carbocycles. The monoisotopic (exact) mass is 344 g/mol. The Morgan fingerprint density at radius 3 is 2.71 bits per heavy atom. The molecule has 0 saturated heterocycles. The zero-order chi connectivity index (χ0) is 17.0. The Balaban J connectivity index is 1.65. The number of hydrogen-bond donors (Lipinski definition) is 2. The molecule has 3 rings (SSSR count). The van der Waals surface area contributed by atoms with Crippen molar-refractivity contribution in [2.24, 2.45) is 5.73 Å². The van der Waals surface area contributed by atoms with Crippen LogP contribution in [-0.2, 0) is 5.41 Å². The first-order valence-electron chi connectivity index (χ1n) is 8.18. The fourth-order valence-corrected chi connectivity index (χ4v) is 3.62. The highest BCUT2D eigenvalue weighted by molar-refractivity contribution is 6.30. The van der Waals surface area contributed by atoms with Crippen molar-refractivity contribution in [1.82, 2.24) is 15.5 Å². The molecule has 126 valence electrons. The first-order chi connectivity index (χ1) is 11.6. The van der Waals surface area contributed by atoms with Gasteiger partial charge in [0.1, 0.15) is 0 Å². The lowest BCUT2D eigenvalue weighted by Crippen LogP contribution is -2.45. The van der Waals surface area contributed by atoms with Crippen LogP contribution in [0.25, 0.3) is 0 Å². The Labute approximate surface area is 146 Å². The highest BCUT2D eigenvalue weighted by atomic mass is 35.5. The zero-order valence-electron chi connectivity index (χ0n) is 13.4. The predicted octanol–water partition coefficient (Wildman–Crippen LogP) is 2.70. The van der Waals surface area contributed by atoms with Gasteiger partial charge in [0.05, 0.1) is 0 Å². The number of hydrogen-bond acceptors (Lipinski definition) is 4. The molecule has 1 amide bonds. The second kappa shape index (κ2) is 7.28. The molecule has 2 aromatic rings. The molecule has 0 bridgehead atoms. The summed E-state index contributed by atoms with van der Waals surface area (Å²) in [5, 5.41) is 11.4. The number of carbonyl (C=O) groups is 1. The Morgan fingerprint density at radius 1 is 1.29 bits per heavy atom. The van der Waals surface area contributed by atoms with E-state index in [9.17, 15) is 4.79 Å². The van der Waals surface area contributed by atoms with E-state index in [1.165, 1.54) is 5.56 Å². The van der Waals surface area contributed by atoms with Gasteiger partial charge in [-0.3, -0.25) is 4.79 Å². The fraction of sp³-hybridized carbons (Fsp3) is 0.389. The fourth-order valence-electron chi connectivity index (χ4n) is 3.43. The largest absolute Gasteiger partial charge is 0.348 e. The number of carbonyl (C=O) groups excluding carboxylic acids is 1. The van der Waals surface area contributed by atoms with Crippen molar-refractivity contribution in [2.45, 2.75) is 37.1 Å². The Kier molecular flexibility index (Phi) is 5.11. The summed E-state index contributed by atoms with van der Waals surface area (Å²) in [5.74, 6) is -0.170. The molecule has 0 aliphatic heterocycles. The van der Waals surface area contributed by atoms with Gasteiger partial charge in [0, 0.05) is 29.2 Å². The molecular weight excluding hydrogens is 324 g/mol. The topological polar surface area (TPSA) is 80.9 Å². The van der Waals surface area contributed by atoms with Crippen molar-refractivity contribution in [1.29, 1.82) is 0 Å². The van der Waals surface area contributed by atoms with Crippen molar-refractivity contribution in [3.05, 3.63) is 58.9 Å². The van der Waals surface area contributed by atoms with Gasteiger partial charge >= 0.3 is 0 Å². The van der Waals surface area contributed by atoms with E-state index in [0.29, 0.717) is 12.2 Å². The Morgan fingerprint density at radius 2 is 2.08 bits per heavy atom. The van der Waals surface area contributed by atoms with E-state index in [-0.39, 0.29) is 17.4 Å². The summed E-state index contributed by atoms with van der Waals surface area (Å²) in [7, 11) is 0. The first-order valence-corrected chi connectivity index (χ1v) is 8.55. The molecule has 6 heteroatoms. The molecule has 1 fully saturated rings. The van der Waals surface area contributed by atoms with Gasteiger partial charge in [-0.25, -0.2) is 0 Å². The third kappa shape index (κ3) is 3.57. The molecule has 1 aromatic heterocycles. The van der Waals surface area contributed by atoms with Crippen molar-refractivity contribution in [3.8, 4) is 0 Å². The standard InChI is InChI=1S/C18H21ClN4O/c19-14-4-1-3-13(11-14)18(12-20)8-6-15(7-9-18)22-17(24)16-5-2-10-21-23-16/h1-5,10-11,15H,6-9,12,20H2,(H,22,24). The van der Waals surface area contributed by atoms with Crippen molar-refractivity contribution < 1.29 is 4.79 Å². The number of nitrogens with one attached hydrogen (secondary N) is 1. The summed E-state index contributed by atoms with van der Waals surface area (Å²) < 4.78 is 0. The molecule has 0 unspecified atom stereocenters. The minimum Gasteiger partial charge on any atom is -0.348 e. The van der Waals surface area contributed by atoms with E-state index in [0.717, 1.165) is 30.7 Å². The molecule has 1 heterocycles. The Hall–Kier alpha value is -1.98. The maximum absolute atomic E-state index is 12.2. The van der Waals surface area contributed by atoms with Crippen LogP contribution in [-0.4, -0.2) is 28.7 Å². The maximum atomic E-state index is 12.2. The molecule has 1 aliphatic rings. The number of nitrogens with two attached hydrogens (primary N) is 1. The van der Waals surface area contributed by atoms with Crippen LogP contribution in [0.4, 0.5) is 0 Å². The normalized spacial score (nSPS) is 23.7. The van der Waals surface area contributed by atoms with Crippen LogP contribution in [0.2, 0.25) is 5.02 Å². The lowest BCUT2D eigenvalue weighted by Gasteiger charge is -2.40. The molecule has 1 saturated carbocycles. The molecule has 24 heavy (non-hydrogen) atoms. The number of aromatic nitrogens is 2. The summed E-state index contributed by atoms with van der Waals surface area (Å²) >= 11 is 6.14. The van der Waals surface area contributed by atoms with Crippen molar-refractivity contribution in [3.63, 3.8) is 0 Å². The van der Waals surface area contributed by atoms with Crippen LogP contribution in [0.15, 0.2) is 42.6 Å². The summed E-state index contributed by atoms with van der Waals surface area (Å²) in [6.07, 6.45) is 5.17. The van der Waals surface area contributed by atoms with Gasteiger partial charge in [-0.2, -0.15) is 5.10 Å². The third-order valence-corrected chi connectivity index (χ3v) is 5.15. The number of halogens is 1. The van der Waals surface area contributed by atoms with Gasteiger partial charge in [0.25, 0.3) is 5.91 Å². The van der Waals surface area contributed by atoms with E-state index in [1.54, 1.807) is 18.3 Å². The average Bonchev–Trinajstić information content (AvgIpc) is 2.63. The highest BCUT2D eigenvalue weighted by Crippen LogP contribution is 2.39. The van der Waals surface area contributed by atoms with Crippen LogP contribution >= 0.6 is 11.6 Å². The first kappa shape index (κ1) is 16.9. The summed E-state index contributed by atoms with van der Waals surface area (Å²) in [6, 6.07) is 11.5. The van der Waals surface area contributed by atoms with E-state index in [1.807, 2.05) is 18.2 Å². The van der Waals surface area contributed by atoms with Crippen molar-refractivity contribution in [2.75, 3.05) is 6.54 Å². The van der Waals surface area contributed by atoms with Gasteiger partial charge in [-0.05, 0) is 55.5 Å². The molecule has 1 aliphatic carbocycles. The quantitative estimate of drug-likeness (QED) is 0.893. The summed E-state index contributed by atoms with van der Waals surface area (Å²) in [4.78, 5) is 12.2. The van der Waals surface area contributed by atoms with Gasteiger partial charge in [-0.1, -0.05) is 23.7 Å². The summed E-state index contributed by atoms with van der Waals surface area (Å²) in [5.41, 5.74) is 7.59. The second-order valence-electron chi connectivity index (χ2n) is 6.35. The van der Waals surface area contributed by atoms with E-state index in [2.05, 4.69) is 21.6 Å². The lowest BCUT2D eigenvalue weighted by atomic mass is 9.68. The number of amides is 1. The number of benzene rings is 1. The van der Waals surface area contributed by atoms with Crippen LogP contribution in [0, 0.1) is 0 Å². The van der Waals surface area contributed by atoms with Crippen LogP contribution < -0.4 is 11.1 Å².